The number of aryl methyl sites for hydroxylation is 1. The Bertz CT molecular complexity index is 322. The normalized spacial score (nSPS) is 12.8. The van der Waals surface area contributed by atoms with Gasteiger partial charge in [0.25, 0.3) is 0 Å². The van der Waals surface area contributed by atoms with Crippen LogP contribution in [0, 0.1) is 18.3 Å². The molecule has 0 fully saturated rings. The molecule has 0 N–H and O–H groups in total. The summed E-state index contributed by atoms with van der Waals surface area (Å²) in [5.41, 5.74) is 0.998. The Morgan fingerprint density at radius 2 is 2.21 bits per heavy atom. The average molecular weight is 209 g/mol. The van der Waals surface area contributed by atoms with Crippen molar-refractivity contribution < 1.29 is 0 Å². The largest absolute Gasteiger partial charge is 0.283 e. The van der Waals surface area contributed by atoms with Crippen LogP contribution in [0.25, 0.3) is 0 Å². The lowest BCUT2D eigenvalue weighted by atomic mass is 10.3. The fourth-order valence-corrected chi connectivity index (χ4v) is 2.25. The Balaban J connectivity index is 2.87. The number of thiazole rings is 1. The molecule has 4 heteroatoms. The lowest BCUT2D eigenvalue weighted by Crippen LogP contribution is -2.27. The fraction of sp³-hybridized carbons (Fsp3) is 0.600. The third kappa shape index (κ3) is 2.31. The van der Waals surface area contributed by atoms with Gasteiger partial charge in [-0.3, -0.25) is 4.90 Å². The molecular formula is C10H15N3S. The summed E-state index contributed by atoms with van der Waals surface area (Å²) in [7, 11) is 0. The summed E-state index contributed by atoms with van der Waals surface area (Å²) in [5.74, 6) is 0. The van der Waals surface area contributed by atoms with Crippen LogP contribution in [0.4, 0.5) is 0 Å². The predicted octanol–water partition coefficient (Wildman–Crippen LogP) is 2.36. The molecule has 0 spiro atoms. The predicted molar refractivity (Wildman–Crippen MR) is 58.1 cm³/mol. The molecule has 1 unspecified atom stereocenters. The van der Waals surface area contributed by atoms with Crippen molar-refractivity contribution in [1.29, 1.82) is 5.26 Å². The van der Waals surface area contributed by atoms with Crippen LogP contribution < -0.4 is 0 Å². The van der Waals surface area contributed by atoms with Crippen molar-refractivity contribution in [1.82, 2.24) is 9.88 Å². The van der Waals surface area contributed by atoms with Gasteiger partial charge in [-0.2, -0.15) is 5.26 Å². The first kappa shape index (κ1) is 11.2. The summed E-state index contributed by atoms with van der Waals surface area (Å²) in [4.78, 5) is 6.46. The van der Waals surface area contributed by atoms with Crippen LogP contribution in [0.3, 0.4) is 0 Å². The standard InChI is InChI=1S/C10H15N3S/c1-4-13(5-2)9(6-11)10-12-8(3)7-14-10/h7,9H,4-5H2,1-3H3. The molecule has 0 aliphatic heterocycles. The molecule has 0 bridgehead atoms. The monoisotopic (exact) mass is 209 g/mol. The zero-order valence-corrected chi connectivity index (χ0v) is 9.64. The maximum Gasteiger partial charge on any atom is 0.150 e. The van der Waals surface area contributed by atoms with Gasteiger partial charge in [-0.05, 0) is 20.0 Å². The van der Waals surface area contributed by atoms with Crippen molar-refractivity contribution in [2.24, 2.45) is 0 Å². The third-order valence-electron chi connectivity index (χ3n) is 2.17. The van der Waals surface area contributed by atoms with Crippen LogP contribution in [0.2, 0.25) is 0 Å². The first-order valence-corrected chi connectivity index (χ1v) is 5.66. The van der Waals surface area contributed by atoms with Gasteiger partial charge in [-0.15, -0.1) is 11.3 Å². The molecule has 0 aliphatic carbocycles. The van der Waals surface area contributed by atoms with E-state index >= 15 is 0 Å². The van der Waals surface area contributed by atoms with Crippen LogP contribution in [-0.4, -0.2) is 23.0 Å². The molecule has 0 radical (unpaired) electrons. The second-order valence-corrected chi connectivity index (χ2v) is 3.97. The number of nitriles is 1. The maximum atomic E-state index is 9.10. The molecule has 0 saturated heterocycles. The highest BCUT2D eigenvalue weighted by Gasteiger charge is 2.19. The van der Waals surface area contributed by atoms with E-state index in [0.717, 1.165) is 23.8 Å². The third-order valence-corrected chi connectivity index (χ3v) is 3.19. The van der Waals surface area contributed by atoms with E-state index in [1.807, 2.05) is 12.3 Å². The topological polar surface area (TPSA) is 39.9 Å². The number of nitrogens with zero attached hydrogens (tertiary/aromatic N) is 3. The van der Waals surface area contributed by atoms with E-state index in [1.54, 1.807) is 11.3 Å². The summed E-state index contributed by atoms with van der Waals surface area (Å²) >= 11 is 1.57. The number of aromatic nitrogens is 1. The Kier molecular flexibility index (Phi) is 4.05. The summed E-state index contributed by atoms with van der Waals surface area (Å²) in [6.07, 6.45) is 0. The van der Waals surface area contributed by atoms with Crippen LogP contribution in [0.1, 0.15) is 30.6 Å². The highest BCUT2D eigenvalue weighted by molar-refractivity contribution is 7.09. The van der Waals surface area contributed by atoms with Crippen LogP contribution in [-0.2, 0) is 0 Å². The summed E-state index contributed by atoms with van der Waals surface area (Å²) in [6.45, 7) is 7.85. The van der Waals surface area contributed by atoms with Gasteiger partial charge in [0, 0.05) is 11.1 Å². The summed E-state index contributed by atoms with van der Waals surface area (Å²) in [6, 6.07) is 2.13. The molecule has 1 atom stereocenters. The Labute approximate surface area is 89.0 Å². The van der Waals surface area contributed by atoms with Gasteiger partial charge in [0.2, 0.25) is 0 Å². The molecule has 14 heavy (non-hydrogen) atoms. The Morgan fingerprint density at radius 3 is 2.57 bits per heavy atom. The fourth-order valence-electron chi connectivity index (χ4n) is 1.38. The van der Waals surface area contributed by atoms with E-state index in [0.29, 0.717) is 0 Å². The lowest BCUT2D eigenvalue weighted by molar-refractivity contribution is 0.262. The Hall–Kier alpha value is -0.920. The van der Waals surface area contributed by atoms with E-state index < -0.39 is 0 Å². The zero-order valence-electron chi connectivity index (χ0n) is 8.82. The maximum absolute atomic E-state index is 9.10. The van der Waals surface area contributed by atoms with Gasteiger partial charge in [0.05, 0.1) is 6.07 Å². The first-order chi connectivity index (χ1) is 6.72. The first-order valence-electron chi connectivity index (χ1n) is 4.78. The van der Waals surface area contributed by atoms with Crippen molar-refractivity contribution in [3.63, 3.8) is 0 Å². The quantitative estimate of drug-likeness (QED) is 0.764. The molecule has 1 heterocycles. The van der Waals surface area contributed by atoms with Crippen molar-refractivity contribution in [2.45, 2.75) is 26.8 Å². The van der Waals surface area contributed by atoms with Crippen LogP contribution in [0.5, 0.6) is 0 Å². The molecule has 1 aromatic rings. The smallest absolute Gasteiger partial charge is 0.150 e. The van der Waals surface area contributed by atoms with Crippen LogP contribution >= 0.6 is 11.3 Å². The summed E-state index contributed by atoms with van der Waals surface area (Å²) in [5, 5.41) is 12.0. The number of hydrogen-bond acceptors (Lipinski definition) is 4. The van der Waals surface area contributed by atoms with E-state index in [-0.39, 0.29) is 6.04 Å². The van der Waals surface area contributed by atoms with Gasteiger partial charge < -0.3 is 0 Å². The lowest BCUT2D eigenvalue weighted by Gasteiger charge is -2.21. The molecule has 0 saturated carbocycles. The van der Waals surface area contributed by atoms with E-state index in [4.69, 9.17) is 5.26 Å². The SMILES string of the molecule is CCN(CC)C(C#N)c1nc(C)cs1. The molecule has 0 amide bonds. The second kappa shape index (κ2) is 5.08. The summed E-state index contributed by atoms with van der Waals surface area (Å²) < 4.78 is 0. The molecule has 0 aliphatic rings. The number of rotatable bonds is 4. The van der Waals surface area contributed by atoms with Crippen LogP contribution in [0.15, 0.2) is 5.38 Å². The van der Waals surface area contributed by atoms with E-state index in [2.05, 4.69) is 29.8 Å². The minimum atomic E-state index is -0.177. The molecular weight excluding hydrogens is 194 g/mol. The Morgan fingerprint density at radius 1 is 1.57 bits per heavy atom. The second-order valence-electron chi connectivity index (χ2n) is 3.08. The average Bonchev–Trinajstić information content (AvgIpc) is 2.60. The minimum Gasteiger partial charge on any atom is -0.283 e. The highest BCUT2D eigenvalue weighted by atomic mass is 32.1. The van der Waals surface area contributed by atoms with Gasteiger partial charge in [-0.25, -0.2) is 4.98 Å². The minimum absolute atomic E-state index is 0.177. The van der Waals surface area contributed by atoms with Gasteiger partial charge in [0.15, 0.2) is 6.04 Å². The highest BCUT2D eigenvalue weighted by Crippen LogP contribution is 2.22. The molecule has 1 rings (SSSR count). The number of hydrogen-bond donors (Lipinski definition) is 0. The van der Waals surface area contributed by atoms with E-state index in [1.165, 1.54) is 0 Å². The van der Waals surface area contributed by atoms with Crippen molar-refractivity contribution in [3.05, 3.63) is 16.1 Å². The van der Waals surface area contributed by atoms with Gasteiger partial charge >= 0.3 is 0 Å². The molecule has 3 nitrogen and oxygen atoms in total. The van der Waals surface area contributed by atoms with Crippen molar-refractivity contribution in [2.75, 3.05) is 13.1 Å². The van der Waals surface area contributed by atoms with Crippen molar-refractivity contribution in [3.8, 4) is 6.07 Å². The van der Waals surface area contributed by atoms with Crippen molar-refractivity contribution >= 4 is 11.3 Å². The molecule has 1 aromatic heterocycles. The molecule has 0 aromatic carbocycles. The zero-order chi connectivity index (χ0) is 10.6. The van der Waals surface area contributed by atoms with E-state index in [9.17, 15) is 0 Å². The van der Waals surface area contributed by atoms with Gasteiger partial charge in [-0.1, -0.05) is 13.8 Å². The molecule has 76 valence electrons. The van der Waals surface area contributed by atoms with Gasteiger partial charge in [0.1, 0.15) is 5.01 Å².